The molecule has 0 spiro atoms. The van der Waals surface area contributed by atoms with E-state index in [2.05, 4.69) is 5.32 Å². The minimum atomic E-state index is -4.13. The number of hydrogen-bond acceptors (Lipinski definition) is 4. The van der Waals surface area contributed by atoms with E-state index in [4.69, 9.17) is 23.2 Å². The van der Waals surface area contributed by atoms with Crippen LogP contribution in [0.1, 0.15) is 18.9 Å². The lowest BCUT2D eigenvalue weighted by atomic mass is 10.1. The fourth-order valence-electron chi connectivity index (χ4n) is 3.24. The number of hydrogen-bond donors (Lipinski definition) is 1. The first-order chi connectivity index (χ1) is 15.9. The minimum Gasteiger partial charge on any atom is -0.357 e. The number of anilines is 1. The van der Waals surface area contributed by atoms with Crippen molar-refractivity contribution in [3.63, 3.8) is 0 Å². The van der Waals surface area contributed by atoms with Gasteiger partial charge < -0.3 is 10.2 Å². The molecule has 0 unspecified atom stereocenters. The molecule has 0 aliphatic heterocycles. The summed E-state index contributed by atoms with van der Waals surface area (Å²) in [5.74, 6) is -1.61. The Bertz CT molecular complexity index is 1130. The average Bonchev–Trinajstić information content (AvgIpc) is 2.78. The highest BCUT2D eigenvalue weighted by molar-refractivity contribution is 7.90. The molecule has 2 aromatic rings. The van der Waals surface area contributed by atoms with Crippen molar-refractivity contribution in [2.75, 3.05) is 32.0 Å². The van der Waals surface area contributed by atoms with Crippen molar-refractivity contribution >= 4 is 50.9 Å². The fraction of sp³-hybridized carbons (Fsp3) is 0.364. The third-order valence-electron chi connectivity index (χ3n) is 5.12. The Labute approximate surface area is 209 Å². The van der Waals surface area contributed by atoms with Gasteiger partial charge >= 0.3 is 10.2 Å². The lowest BCUT2D eigenvalue weighted by Crippen LogP contribution is -2.53. The molecule has 0 bridgehead atoms. The van der Waals surface area contributed by atoms with E-state index in [1.165, 1.54) is 44.2 Å². The van der Waals surface area contributed by atoms with Gasteiger partial charge in [0.15, 0.2) is 0 Å². The summed E-state index contributed by atoms with van der Waals surface area (Å²) in [5, 5.41) is 3.24. The van der Waals surface area contributed by atoms with Crippen LogP contribution in [-0.4, -0.2) is 63.2 Å². The maximum atomic E-state index is 13.5. The van der Waals surface area contributed by atoms with Crippen LogP contribution in [0.2, 0.25) is 10.0 Å². The molecular weight excluding hydrogens is 506 g/mol. The molecule has 1 N–H and O–H groups in total. The Kier molecular flexibility index (Phi) is 9.69. The zero-order valence-electron chi connectivity index (χ0n) is 19.3. The van der Waals surface area contributed by atoms with Gasteiger partial charge in [0.25, 0.3) is 0 Å². The van der Waals surface area contributed by atoms with Crippen molar-refractivity contribution in [3.05, 3.63) is 63.9 Å². The summed E-state index contributed by atoms with van der Waals surface area (Å²) < 4.78 is 41.3. The van der Waals surface area contributed by atoms with Crippen molar-refractivity contribution in [1.29, 1.82) is 0 Å². The highest BCUT2D eigenvalue weighted by atomic mass is 35.5. The molecule has 1 atom stereocenters. The second-order valence-electron chi connectivity index (χ2n) is 7.57. The number of nitrogens with zero attached hydrogens (tertiary/aromatic N) is 3. The van der Waals surface area contributed by atoms with Crippen LogP contribution < -0.4 is 9.62 Å². The highest BCUT2D eigenvalue weighted by Gasteiger charge is 2.33. The summed E-state index contributed by atoms with van der Waals surface area (Å²) in [6.07, 6.45) is 0.271. The summed E-state index contributed by atoms with van der Waals surface area (Å²) in [4.78, 5) is 27.4. The van der Waals surface area contributed by atoms with E-state index in [0.29, 0.717) is 15.6 Å². The number of carbonyl (C=O) groups is 2. The Hall–Kier alpha value is -2.40. The predicted octanol–water partition coefficient (Wildman–Crippen LogP) is 3.30. The van der Waals surface area contributed by atoms with Crippen LogP contribution in [0.15, 0.2) is 42.5 Å². The van der Waals surface area contributed by atoms with Gasteiger partial charge in [-0.15, -0.1) is 0 Å². The van der Waals surface area contributed by atoms with E-state index in [9.17, 15) is 22.4 Å². The van der Waals surface area contributed by atoms with E-state index in [-0.39, 0.29) is 18.7 Å². The molecule has 12 heteroatoms. The van der Waals surface area contributed by atoms with Gasteiger partial charge in [-0.1, -0.05) is 36.2 Å². The number of carbonyl (C=O) groups excluding carboxylic acids is 2. The molecule has 34 heavy (non-hydrogen) atoms. The largest absolute Gasteiger partial charge is 0.357 e. The lowest BCUT2D eigenvalue weighted by Gasteiger charge is -2.33. The van der Waals surface area contributed by atoms with Gasteiger partial charge in [0, 0.05) is 37.7 Å². The molecule has 8 nitrogen and oxygen atoms in total. The van der Waals surface area contributed by atoms with Gasteiger partial charge in [0.2, 0.25) is 11.8 Å². The molecule has 186 valence electrons. The van der Waals surface area contributed by atoms with E-state index >= 15 is 0 Å². The summed E-state index contributed by atoms with van der Waals surface area (Å²) in [5.41, 5.74) is 0.631. The topological polar surface area (TPSA) is 90.0 Å². The molecule has 2 amide bonds. The van der Waals surface area contributed by atoms with Crippen LogP contribution in [0.3, 0.4) is 0 Å². The van der Waals surface area contributed by atoms with Gasteiger partial charge in [0.1, 0.15) is 18.4 Å². The van der Waals surface area contributed by atoms with E-state index in [0.717, 1.165) is 20.7 Å². The SMILES string of the molecule is CC[C@H](C(=O)NC)N(Cc1ccc(Cl)cc1Cl)C(=O)CN(c1ccc(F)cc1)S(=O)(=O)N(C)C. The Morgan fingerprint density at radius 3 is 2.21 bits per heavy atom. The predicted molar refractivity (Wildman–Crippen MR) is 132 cm³/mol. The second kappa shape index (κ2) is 11.8. The number of amides is 2. The zero-order valence-corrected chi connectivity index (χ0v) is 21.6. The molecule has 0 aliphatic carbocycles. The summed E-state index contributed by atoms with van der Waals surface area (Å²) in [6, 6.07) is 8.60. The summed E-state index contributed by atoms with van der Waals surface area (Å²) in [7, 11) is -0.0362. The highest BCUT2D eigenvalue weighted by Crippen LogP contribution is 2.25. The van der Waals surface area contributed by atoms with E-state index < -0.39 is 40.4 Å². The quantitative estimate of drug-likeness (QED) is 0.508. The van der Waals surface area contributed by atoms with Crippen molar-refractivity contribution in [2.45, 2.75) is 25.9 Å². The van der Waals surface area contributed by atoms with Crippen molar-refractivity contribution in [3.8, 4) is 0 Å². The third-order valence-corrected chi connectivity index (χ3v) is 7.53. The Balaban J connectivity index is 2.51. The van der Waals surface area contributed by atoms with Crippen molar-refractivity contribution in [2.24, 2.45) is 0 Å². The van der Waals surface area contributed by atoms with Crippen LogP contribution in [-0.2, 0) is 26.3 Å². The fourth-order valence-corrected chi connectivity index (χ4v) is 4.77. The molecule has 0 fully saturated rings. The summed E-state index contributed by atoms with van der Waals surface area (Å²) in [6.45, 7) is 1.06. The maximum Gasteiger partial charge on any atom is 0.304 e. The van der Waals surface area contributed by atoms with Crippen molar-refractivity contribution in [1.82, 2.24) is 14.5 Å². The molecule has 0 saturated heterocycles. The number of likely N-dealkylation sites (N-methyl/N-ethyl adjacent to an activating group) is 1. The number of nitrogens with one attached hydrogen (secondary N) is 1. The first kappa shape index (κ1) is 27.8. The third kappa shape index (κ3) is 6.59. The van der Waals surface area contributed by atoms with Gasteiger partial charge in [-0.25, -0.2) is 8.70 Å². The average molecular weight is 533 g/mol. The van der Waals surface area contributed by atoms with E-state index in [1.54, 1.807) is 19.1 Å². The monoisotopic (exact) mass is 532 g/mol. The molecule has 2 rings (SSSR count). The van der Waals surface area contributed by atoms with Gasteiger partial charge in [-0.2, -0.15) is 12.7 Å². The molecule has 0 heterocycles. The van der Waals surface area contributed by atoms with Gasteiger partial charge in [-0.3, -0.25) is 9.59 Å². The molecule has 0 saturated carbocycles. The van der Waals surface area contributed by atoms with Gasteiger partial charge in [0.05, 0.1) is 5.69 Å². The van der Waals surface area contributed by atoms with Gasteiger partial charge in [-0.05, 0) is 48.4 Å². The first-order valence-corrected chi connectivity index (χ1v) is 12.5. The van der Waals surface area contributed by atoms with Crippen molar-refractivity contribution < 1.29 is 22.4 Å². The Morgan fingerprint density at radius 2 is 1.71 bits per heavy atom. The molecular formula is C22H27Cl2FN4O4S. The number of benzene rings is 2. The van der Waals surface area contributed by atoms with Crippen LogP contribution in [0.4, 0.5) is 10.1 Å². The standard InChI is InChI=1S/C22H27Cl2FN4O4S/c1-5-20(22(31)26-2)28(13-15-6-7-16(23)12-19(15)24)21(30)14-29(34(32,33)27(3)4)18-10-8-17(25)9-11-18/h6-12,20H,5,13-14H2,1-4H3,(H,26,31)/t20-/m1/s1. The lowest BCUT2D eigenvalue weighted by molar-refractivity contribution is -0.140. The number of rotatable bonds is 10. The van der Waals surface area contributed by atoms with Crippen LogP contribution in [0.5, 0.6) is 0 Å². The molecule has 0 aliphatic rings. The summed E-state index contributed by atoms with van der Waals surface area (Å²) >= 11 is 12.3. The zero-order chi connectivity index (χ0) is 25.6. The molecule has 0 radical (unpaired) electrons. The van der Waals surface area contributed by atoms with E-state index in [1.807, 2.05) is 0 Å². The molecule has 0 aromatic heterocycles. The minimum absolute atomic E-state index is 0.0555. The van der Waals surface area contributed by atoms with Crippen LogP contribution >= 0.6 is 23.2 Å². The van der Waals surface area contributed by atoms with Crippen LogP contribution in [0, 0.1) is 5.82 Å². The normalized spacial score (nSPS) is 12.4. The number of halogens is 3. The Morgan fingerprint density at radius 1 is 1.09 bits per heavy atom. The maximum absolute atomic E-state index is 13.5. The second-order valence-corrected chi connectivity index (χ2v) is 10.5. The smallest absolute Gasteiger partial charge is 0.304 e. The first-order valence-electron chi connectivity index (χ1n) is 10.3. The van der Waals surface area contributed by atoms with Crippen LogP contribution in [0.25, 0.3) is 0 Å². The molecule has 2 aromatic carbocycles.